The van der Waals surface area contributed by atoms with Crippen molar-refractivity contribution in [3.8, 4) is 5.75 Å². The molecule has 1 aliphatic heterocycles. The lowest BCUT2D eigenvalue weighted by Gasteiger charge is -2.44. The van der Waals surface area contributed by atoms with Crippen molar-refractivity contribution in [3.05, 3.63) is 24.3 Å². The number of β-amino-alcohol motifs (C(OH)–C–C–N with tert-alkyl or cyclic N) is 1. The fraction of sp³-hybridized carbons (Fsp3) is 0.652. The summed E-state index contributed by atoms with van der Waals surface area (Å²) in [5, 5.41) is 11.0. The Balaban J connectivity index is 1.65. The Hall–Kier alpha value is -2.28. The molecule has 166 valence electrons. The number of hydrogen-bond donors (Lipinski definition) is 1. The third-order valence-electron chi connectivity index (χ3n) is 6.21. The first kappa shape index (κ1) is 22.4. The molecule has 1 aliphatic carbocycles. The van der Waals surface area contributed by atoms with Gasteiger partial charge in [0.15, 0.2) is 0 Å². The number of aliphatic hydroxyl groups is 1. The van der Waals surface area contributed by atoms with Gasteiger partial charge >= 0.3 is 6.09 Å². The van der Waals surface area contributed by atoms with Crippen LogP contribution in [0.15, 0.2) is 24.3 Å². The van der Waals surface area contributed by atoms with Gasteiger partial charge in [0.25, 0.3) is 0 Å². The SMILES string of the molecule is CCN(c1ccc(OC(C)C)cc1)C(=O)[C@]1(C)CC[C@@](O)(CN2CCOC2=O)CC1. The Bertz CT molecular complexity index is 753. The number of anilines is 1. The Labute approximate surface area is 178 Å². The summed E-state index contributed by atoms with van der Waals surface area (Å²) in [5.41, 5.74) is -0.655. The van der Waals surface area contributed by atoms with E-state index in [1.807, 2.05) is 52.0 Å². The highest BCUT2D eigenvalue weighted by molar-refractivity contribution is 5.97. The van der Waals surface area contributed by atoms with Gasteiger partial charge in [0, 0.05) is 17.6 Å². The minimum absolute atomic E-state index is 0.0742. The van der Waals surface area contributed by atoms with Gasteiger partial charge < -0.3 is 24.4 Å². The maximum Gasteiger partial charge on any atom is 0.410 e. The van der Waals surface area contributed by atoms with Crippen LogP contribution in [0.1, 0.15) is 53.4 Å². The molecule has 0 atom stereocenters. The topological polar surface area (TPSA) is 79.3 Å². The fourth-order valence-corrected chi connectivity index (χ4v) is 4.31. The number of rotatable bonds is 7. The molecule has 2 aliphatic rings. The zero-order valence-corrected chi connectivity index (χ0v) is 18.5. The zero-order chi connectivity index (χ0) is 21.9. The molecule has 2 fully saturated rings. The second-order valence-corrected chi connectivity index (χ2v) is 9.03. The van der Waals surface area contributed by atoms with E-state index < -0.39 is 11.0 Å². The molecule has 1 aromatic carbocycles. The molecule has 1 saturated carbocycles. The Morgan fingerprint density at radius 3 is 2.37 bits per heavy atom. The zero-order valence-electron chi connectivity index (χ0n) is 18.5. The number of nitrogens with zero attached hydrogens (tertiary/aromatic N) is 2. The summed E-state index contributed by atoms with van der Waals surface area (Å²) in [6, 6.07) is 7.62. The average Bonchev–Trinajstić information content (AvgIpc) is 3.10. The van der Waals surface area contributed by atoms with Crippen LogP contribution in [0.5, 0.6) is 5.75 Å². The molecule has 7 heteroatoms. The van der Waals surface area contributed by atoms with E-state index in [0.29, 0.717) is 45.4 Å². The van der Waals surface area contributed by atoms with E-state index in [1.165, 1.54) is 0 Å². The number of carbonyl (C=O) groups is 2. The number of carbonyl (C=O) groups excluding carboxylic acids is 2. The number of benzene rings is 1. The van der Waals surface area contributed by atoms with Crippen LogP contribution in [0.4, 0.5) is 10.5 Å². The van der Waals surface area contributed by atoms with Gasteiger partial charge in [0.05, 0.1) is 24.8 Å². The molecule has 0 aromatic heterocycles. The Morgan fingerprint density at radius 1 is 1.23 bits per heavy atom. The standard InChI is InChI=1S/C23H34N2O5/c1-5-25(18-6-8-19(9-7-18)30-17(2)3)20(26)22(4)10-12-23(28,13-11-22)16-24-14-15-29-21(24)27/h6-9,17,28H,5,10-16H2,1-4H3/t22-,23+. The second-order valence-electron chi connectivity index (χ2n) is 9.03. The minimum atomic E-state index is -0.962. The molecule has 0 radical (unpaired) electrons. The van der Waals surface area contributed by atoms with Gasteiger partial charge in [-0.3, -0.25) is 4.79 Å². The summed E-state index contributed by atoms with van der Waals surface area (Å²) in [6.07, 6.45) is 1.86. The summed E-state index contributed by atoms with van der Waals surface area (Å²) >= 11 is 0. The first-order chi connectivity index (χ1) is 14.2. The molecule has 1 saturated heterocycles. The van der Waals surface area contributed by atoms with Gasteiger partial charge in [0.1, 0.15) is 12.4 Å². The third-order valence-corrected chi connectivity index (χ3v) is 6.21. The smallest absolute Gasteiger partial charge is 0.410 e. The van der Waals surface area contributed by atoms with Crippen molar-refractivity contribution in [2.45, 2.75) is 65.1 Å². The summed E-state index contributed by atoms with van der Waals surface area (Å²) in [6.45, 7) is 9.64. The molecule has 0 unspecified atom stereocenters. The molecule has 3 rings (SSSR count). The van der Waals surface area contributed by atoms with Crippen molar-refractivity contribution in [2.75, 3.05) is 31.1 Å². The maximum absolute atomic E-state index is 13.5. The average molecular weight is 419 g/mol. The monoisotopic (exact) mass is 418 g/mol. The van der Waals surface area contributed by atoms with E-state index in [4.69, 9.17) is 9.47 Å². The van der Waals surface area contributed by atoms with Crippen molar-refractivity contribution in [1.29, 1.82) is 0 Å². The van der Waals surface area contributed by atoms with E-state index >= 15 is 0 Å². The number of amides is 2. The van der Waals surface area contributed by atoms with Gasteiger partial charge in [-0.1, -0.05) is 6.92 Å². The van der Waals surface area contributed by atoms with Gasteiger partial charge in [-0.05, 0) is 70.7 Å². The van der Waals surface area contributed by atoms with Gasteiger partial charge in [0.2, 0.25) is 5.91 Å². The van der Waals surface area contributed by atoms with Crippen LogP contribution in [-0.4, -0.2) is 60.0 Å². The lowest BCUT2D eigenvalue weighted by molar-refractivity contribution is -0.133. The molecule has 1 aromatic rings. The third kappa shape index (κ3) is 4.89. The van der Waals surface area contributed by atoms with Crippen LogP contribution in [0.25, 0.3) is 0 Å². The van der Waals surface area contributed by atoms with Gasteiger partial charge in [-0.25, -0.2) is 4.79 Å². The highest BCUT2D eigenvalue weighted by Crippen LogP contribution is 2.43. The highest BCUT2D eigenvalue weighted by Gasteiger charge is 2.46. The Kier molecular flexibility index (Phi) is 6.60. The van der Waals surface area contributed by atoms with Crippen LogP contribution in [-0.2, 0) is 9.53 Å². The number of ether oxygens (including phenoxy) is 2. The summed E-state index contributed by atoms with van der Waals surface area (Å²) in [5.74, 6) is 0.858. The van der Waals surface area contributed by atoms with E-state index in [1.54, 1.807) is 9.80 Å². The highest BCUT2D eigenvalue weighted by atomic mass is 16.6. The molecule has 30 heavy (non-hydrogen) atoms. The predicted molar refractivity (Wildman–Crippen MR) is 115 cm³/mol. The maximum atomic E-state index is 13.5. The van der Waals surface area contributed by atoms with Gasteiger partial charge in [-0.15, -0.1) is 0 Å². The quantitative estimate of drug-likeness (QED) is 0.732. The molecule has 2 amide bonds. The number of hydrogen-bond acceptors (Lipinski definition) is 5. The van der Waals surface area contributed by atoms with Crippen LogP contribution in [0.2, 0.25) is 0 Å². The van der Waals surface area contributed by atoms with Gasteiger partial charge in [-0.2, -0.15) is 0 Å². The van der Waals surface area contributed by atoms with Crippen molar-refractivity contribution >= 4 is 17.7 Å². The summed E-state index contributed by atoms with van der Waals surface area (Å²) < 4.78 is 10.7. The molecule has 0 bridgehead atoms. The van der Waals surface area contributed by atoms with E-state index in [0.717, 1.165) is 11.4 Å². The number of cyclic esters (lactones) is 1. The lowest BCUT2D eigenvalue weighted by atomic mass is 9.68. The molecule has 1 N–H and O–H groups in total. The molecule has 1 heterocycles. The molecular formula is C23H34N2O5. The normalized spacial score (nSPS) is 26.6. The molecular weight excluding hydrogens is 384 g/mol. The van der Waals surface area contributed by atoms with Crippen LogP contribution < -0.4 is 9.64 Å². The molecule has 0 spiro atoms. The minimum Gasteiger partial charge on any atom is -0.491 e. The van der Waals surface area contributed by atoms with Crippen molar-refractivity contribution in [3.63, 3.8) is 0 Å². The van der Waals surface area contributed by atoms with Crippen LogP contribution in [0, 0.1) is 5.41 Å². The van der Waals surface area contributed by atoms with Crippen molar-refractivity contribution < 1.29 is 24.2 Å². The van der Waals surface area contributed by atoms with E-state index in [-0.39, 0.29) is 24.6 Å². The summed E-state index contributed by atoms with van der Waals surface area (Å²) in [4.78, 5) is 28.5. The van der Waals surface area contributed by atoms with Crippen molar-refractivity contribution in [1.82, 2.24) is 4.90 Å². The van der Waals surface area contributed by atoms with Crippen molar-refractivity contribution in [2.24, 2.45) is 5.41 Å². The Morgan fingerprint density at radius 2 is 1.87 bits per heavy atom. The predicted octanol–water partition coefficient (Wildman–Crippen LogP) is 3.59. The van der Waals surface area contributed by atoms with Crippen LogP contribution in [0.3, 0.4) is 0 Å². The first-order valence-corrected chi connectivity index (χ1v) is 10.9. The van der Waals surface area contributed by atoms with E-state index in [9.17, 15) is 14.7 Å². The second kappa shape index (κ2) is 8.84. The largest absolute Gasteiger partial charge is 0.491 e. The molecule has 7 nitrogen and oxygen atoms in total. The van der Waals surface area contributed by atoms with E-state index in [2.05, 4.69) is 0 Å². The lowest BCUT2D eigenvalue weighted by Crippen LogP contribution is -2.51. The van der Waals surface area contributed by atoms with Crippen LogP contribution >= 0.6 is 0 Å². The first-order valence-electron chi connectivity index (χ1n) is 10.9. The fourth-order valence-electron chi connectivity index (χ4n) is 4.31. The summed E-state index contributed by atoms with van der Waals surface area (Å²) in [7, 11) is 0.